The number of ether oxygens (including phenoxy) is 2. The lowest BCUT2D eigenvalue weighted by atomic mass is 9.52. The fourth-order valence-electron chi connectivity index (χ4n) is 9.29. The molecule has 10 heteroatoms. The second-order valence-corrected chi connectivity index (χ2v) is 12.0. The molecule has 6 aliphatic rings. The van der Waals surface area contributed by atoms with Gasteiger partial charge in [-0.3, -0.25) is 0 Å². The molecule has 0 radical (unpaired) electrons. The maximum Gasteiger partial charge on any atom is 0.355 e. The highest BCUT2D eigenvalue weighted by molar-refractivity contribution is 5.87. The van der Waals surface area contributed by atoms with E-state index < -0.39 is 68.7 Å². The van der Waals surface area contributed by atoms with Gasteiger partial charge in [0, 0.05) is 18.0 Å². The van der Waals surface area contributed by atoms with Gasteiger partial charge in [0.2, 0.25) is 0 Å². The minimum Gasteiger partial charge on any atom is -0.451 e. The topological polar surface area (TPSA) is 173 Å². The first-order valence-electron chi connectivity index (χ1n) is 12.0. The van der Waals surface area contributed by atoms with Crippen molar-refractivity contribution in [2.75, 3.05) is 0 Å². The Hall–Kier alpha value is -1.79. The summed E-state index contributed by atoms with van der Waals surface area (Å²) in [4.78, 5) is 15.9. The molecule has 3 heterocycles. The number of hydrogen-bond acceptors (Lipinski definition) is 9. The lowest BCUT2D eigenvalue weighted by Crippen LogP contribution is -2.74. The van der Waals surface area contributed by atoms with Gasteiger partial charge in [0.05, 0.1) is 5.41 Å². The van der Waals surface area contributed by atoms with Gasteiger partial charge in [0.15, 0.2) is 17.5 Å². The number of esters is 1. The fraction of sp³-hybridized carbons (Fsp3) is 0.720. The average Bonchev–Trinajstić information content (AvgIpc) is 3.41. The highest BCUT2D eigenvalue weighted by atomic mass is 16.7. The van der Waals surface area contributed by atoms with Crippen molar-refractivity contribution in [3.63, 3.8) is 0 Å². The summed E-state index contributed by atoms with van der Waals surface area (Å²) >= 11 is 0. The smallest absolute Gasteiger partial charge is 0.355 e. The maximum atomic E-state index is 13.2. The number of aromatic nitrogens is 1. The monoisotopic (exact) mass is 491 g/mol. The van der Waals surface area contributed by atoms with Crippen molar-refractivity contribution >= 4 is 5.97 Å². The van der Waals surface area contributed by atoms with Crippen molar-refractivity contribution in [2.24, 2.45) is 16.7 Å². The summed E-state index contributed by atoms with van der Waals surface area (Å²) < 4.78 is 12.0. The number of hydrogen-bond donors (Lipinski definition) is 7. The summed E-state index contributed by atoms with van der Waals surface area (Å²) in [6, 6.07) is 3.04. The van der Waals surface area contributed by atoms with E-state index in [1.54, 1.807) is 19.9 Å². The van der Waals surface area contributed by atoms with Gasteiger partial charge in [-0.1, -0.05) is 27.4 Å². The molecular weight excluding hydrogens is 458 g/mol. The molecule has 2 aliphatic heterocycles. The van der Waals surface area contributed by atoms with Crippen molar-refractivity contribution in [3.05, 3.63) is 36.2 Å². The third kappa shape index (κ3) is 1.71. The van der Waals surface area contributed by atoms with Crippen molar-refractivity contribution < 1.29 is 44.9 Å². The third-order valence-electron chi connectivity index (χ3n) is 11.0. The molecule has 6 bridgehead atoms. The molecule has 7 rings (SSSR count). The molecule has 35 heavy (non-hydrogen) atoms. The zero-order valence-corrected chi connectivity index (χ0v) is 20.2. The Morgan fingerprint density at radius 3 is 2.46 bits per heavy atom. The summed E-state index contributed by atoms with van der Waals surface area (Å²) in [5.41, 5.74) is -15.4. The van der Waals surface area contributed by atoms with Crippen molar-refractivity contribution in [3.8, 4) is 0 Å². The first-order chi connectivity index (χ1) is 16.0. The van der Waals surface area contributed by atoms with Crippen molar-refractivity contribution in [1.82, 2.24) is 4.98 Å². The van der Waals surface area contributed by atoms with Gasteiger partial charge in [-0.15, -0.1) is 0 Å². The number of H-pyrrole nitrogens is 1. The molecule has 7 unspecified atom stereocenters. The number of aliphatic hydroxyl groups is 6. The number of rotatable bonds is 3. The van der Waals surface area contributed by atoms with Crippen LogP contribution in [-0.2, 0) is 9.47 Å². The first-order valence-corrected chi connectivity index (χ1v) is 12.0. The molecule has 2 saturated heterocycles. The SMILES string of the molecule is C=C1CCC2(O)C3(OC4(O)C[C@]2(C)C2(O)[C@H](OC(=O)c5ccc[nH]5)C(O)(C(C)C)C4(C)C32O)[C@@H]1O. The van der Waals surface area contributed by atoms with Crippen LogP contribution in [0.4, 0.5) is 0 Å². The van der Waals surface area contributed by atoms with Crippen LogP contribution < -0.4 is 0 Å². The largest absolute Gasteiger partial charge is 0.451 e. The zero-order chi connectivity index (χ0) is 25.8. The molecule has 1 aromatic rings. The lowest BCUT2D eigenvalue weighted by molar-refractivity contribution is -0.383. The molecule has 192 valence electrons. The molecule has 7 N–H and O–H groups in total. The number of nitrogens with one attached hydrogen (secondary N) is 1. The number of carbonyl (C=O) groups is 1. The Labute approximate surface area is 202 Å². The Morgan fingerprint density at radius 2 is 1.89 bits per heavy atom. The van der Waals surface area contributed by atoms with Gasteiger partial charge >= 0.3 is 5.97 Å². The summed E-state index contributed by atoms with van der Waals surface area (Å²) in [6.45, 7) is 9.96. The first kappa shape index (κ1) is 23.6. The molecule has 1 aromatic heterocycles. The van der Waals surface area contributed by atoms with Crippen LogP contribution in [0.3, 0.4) is 0 Å². The van der Waals surface area contributed by atoms with Gasteiger partial charge in [-0.25, -0.2) is 4.79 Å². The number of carbonyl (C=O) groups excluding carboxylic acids is 1. The summed E-state index contributed by atoms with van der Waals surface area (Å²) in [6.07, 6.45) is -2.19. The van der Waals surface area contributed by atoms with E-state index in [0.717, 1.165) is 0 Å². The second kappa shape index (κ2) is 5.85. The van der Waals surface area contributed by atoms with Crippen LogP contribution in [-0.4, -0.2) is 87.6 Å². The maximum absolute atomic E-state index is 13.2. The molecule has 4 aliphatic carbocycles. The van der Waals surface area contributed by atoms with Crippen LogP contribution >= 0.6 is 0 Å². The fourth-order valence-corrected chi connectivity index (χ4v) is 9.29. The van der Waals surface area contributed by atoms with Gasteiger partial charge in [-0.2, -0.15) is 0 Å². The van der Waals surface area contributed by atoms with E-state index in [1.807, 2.05) is 0 Å². The molecule has 0 aromatic carbocycles. The highest BCUT2D eigenvalue weighted by Crippen LogP contribution is 2.90. The standard InChI is InChI=1S/C25H33NO9/c1-12(2)22(31)17(34-16(28)14-7-6-10-26-14)23(32)18(4)11-21(30)19(22,5)25(23,33)24(35-21)15(27)13(3)8-9-20(18,24)29/h6-7,10,12,15,17,26-27,29-33H,3,8-9,11H2,1-2,4-5H3/t15-,17-,18+,19?,20?,21?,22?,23?,24?,25?/m1/s1. The van der Waals surface area contributed by atoms with Crippen molar-refractivity contribution in [2.45, 2.75) is 93.0 Å². The van der Waals surface area contributed by atoms with E-state index in [2.05, 4.69) is 11.6 Å². The van der Waals surface area contributed by atoms with E-state index in [0.29, 0.717) is 0 Å². The molecule has 1 spiro atoms. The number of aliphatic hydroxyl groups excluding tert-OH is 1. The van der Waals surface area contributed by atoms with Gasteiger partial charge < -0.3 is 45.1 Å². The van der Waals surface area contributed by atoms with Crippen LogP contribution in [0.5, 0.6) is 0 Å². The predicted octanol–water partition coefficient (Wildman–Crippen LogP) is -0.268. The highest BCUT2D eigenvalue weighted by Gasteiger charge is 3.10. The minimum atomic E-state index is -2.65. The van der Waals surface area contributed by atoms with Crippen molar-refractivity contribution in [1.29, 1.82) is 0 Å². The Balaban J connectivity index is 1.70. The average molecular weight is 492 g/mol. The molecule has 6 fully saturated rings. The van der Waals surface area contributed by atoms with E-state index >= 15 is 0 Å². The molecule has 10 nitrogen and oxygen atoms in total. The number of aromatic amines is 1. The summed E-state index contributed by atoms with van der Waals surface area (Å²) in [7, 11) is 0. The Kier molecular flexibility index (Phi) is 3.95. The molecule has 0 amide bonds. The van der Waals surface area contributed by atoms with E-state index in [-0.39, 0.29) is 30.5 Å². The van der Waals surface area contributed by atoms with Gasteiger partial charge in [0.25, 0.3) is 0 Å². The lowest BCUT2D eigenvalue weighted by Gasteiger charge is -2.60. The third-order valence-corrected chi connectivity index (χ3v) is 11.0. The van der Waals surface area contributed by atoms with Crippen LogP contribution in [0.2, 0.25) is 0 Å². The van der Waals surface area contributed by atoms with Gasteiger partial charge in [0.1, 0.15) is 34.2 Å². The Morgan fingerprint density at radius 1 is 1.23 bits per heavy atom. The normalized spacial score (nSPS) is 57.7. The summed E-state index contributed by atoms with van der Waals surface area (Å²) in [5, 5.41) is 73.7. The quantitative estimate of drug-likeness (QED) is 0.222. The molecular formula is C25H33NO9. The van der Waals surface area contributed by atoms with Crippen LogP contribution in [0.15, 0.2) is 30.5 Å². The summed E-state index contributed by atoms with van der Waals surface area (Å²) in [5.74, 6) is -3.97. The minimum absolute atomic E-state index is 0.0342. The van der Waals surface area contributed by atoms with E-state index in [1.165, 1.54) is 26.1 Å². The second-order valence-electron chi connectivity index (χ2n) is 12.0. The molecule has 4 saturated carbocycles. The van der Waals surface area contributed by atoms with Gasteiger partial charge in [-0.05, 0) is 43.4 Å². The van der Waals surface area contributed by atoms with E-state index in [4.69, 9.17) is 9.47 Å². The van der Waals surface area contributed by atoms with Crippen LogP contribution in [0.25, 0.3) is 0 Å². The van der Waals surface area contributed by atoms with E-state index in [9.17, 15) is 35.4 Å². The molecule has 10 atom stereocenters. The predicted molar refractivity (Wildman–Crippen MR) is 119 cm³/mol. The van der Waals surface area contributed by atoms with Crippen LogP contribution in [0, 0.1) is 16.7 Å². The Bertz CT molecular complexity index is 1170. The van der Waals surface area contributed by atoms with Crippen LogP contribution in [0.1, 0.15) is 57.4 Å². The zero-order valence-electron chi connectivity index (χ0n) is 20.2.